The molecule has 0 fully saturated rings. The van der Waals surface area contributed by atoms with Crippen molar-refractivity contribution in [1.82, 2.24) is 5.32 Å². The Morgan fingerprint density at radius 3 is 2.37 bits per heavy atom. The summed E-state index contributed by atoms with van der Waals surface area (Å²) in [6, 6.07) is 11.5. The van der Waals surface area contributed by atoms with E-state index in [0.717, 1.165) is 18.4 Å². The molecule has 0 saturated carbocycles. The van der Waals surface area contributed by atoms with E-state index in [1.54, 1.807) is 31.4 Å². The van der Waals surface area contributed by atoms with Crippen LogP contribution in [-0.4, -0.2) is 30.6 Å². The van der Waals surface area contributed by atoms with E-state index in [1.807, 2.05) is 13.8 Å². The van der Waals surface area contributed by atoms with Crippen LogP contribution in [0.15, 0.2) is 42.5 Å². The van der Waals surface area contributed by atoms with Gasteiger partial charge in [-0.1, -0.05) is 26.0 Å². The van der Waals surface area contributed by atoms with Gasteiger partial charge in [0.2, 0.25) is 0 Å². The van der Waals surface area contributed by atoms with Crippen molar-refractivity contribution < 1.29 is 19.2 Å². The highest BCUT2D eigenvalue weighted by atomic mass is 16.6. The molecule has 0 aliphatic carbocycles. The van der Waals surface area contributed by atoms with Gasteiger partial charge in [-0.25, -0.2) is 0 Å². The molecule has 0 heterocycles. The van der Waals surface area contributed by atoms with Crippen molar-refractivity contribution in [3.05, 3.63) is 52.6 Å². The van der Waals surface area contributed by atoms with Crippen LogP contribution in [0.25, 0.3) is 11.1 Å². The molecule has 1 amide bonds. The first-order valence-corrected chi connectivity index (χ1v) is 8.83. The van der Waals surface area contributed by atoms with Gasteiger partial charge in [0.1, 0.15) is 11.5 Å². The number of nitrogens with zero attached hydrogens (tertiary/aromatic N) is 1. The monoisotopic (exact) mass is 372 g/mol. The predicted molar refractivity (Wildman–Crippen MR) is 103 cm³/mol. The van der Waals surface area contributed by atoms with Gasteiger partial charge in [-0.05, 0) is 36.6 Å². The second-order valence-electron chi connectivity index (χ2n) is 6.04. The third-order valence-electron chi connectivity index (χ3n) is 4.28. The number of carbonyl (C=O) groups excluding carboxylic acids is 1. The predicted octanol–water partition coefficient (Wildman–Crippen LogP) is 3.95. The van der Waals surface area contributed by atoms with Crippen LogP contribution in [-0.2, 0) is 4.79 Å². The van der Waals surface area contributed by atoms with Crippen LogP contribution in [0.3, 0.4) is 0 Å². The Kier molecular flexibility index (Phi) is 7.16. The molecule has 0 spiro atoms. The summed E-state index contributed by atoms with van der Waals surface area (Å²) in [5, 5.41) is 14.0. The number of nitro groups is 1. The number of carbonyl (C=O) groups is 1. The van der Waals surface area contributed by atoms with Crippen molar-refractivity contribution in [2.24, 2.45) is 0 Å². The number of amides is 1. The Morgan fingerprint density at radius 2 is 1.81 bits per heavy atom. The average molecular weight is 372 g/mol. The molecule has 144 valence electrons. The third-order valence-corrected chi connectivity index (χ3v) is 4.28. The molecule has 0 aromatic heterocycles. The SMILES string of the molecule is CCC(CC)NC(=O)COc1ccc([N+](=O)[O-])cc1-c1ccc(OC)cc1. The molecule has 0 bridgehead atoms. The van der Waals surface area contributed by atoms with Crippen molar-refractivity contribution in [2.45, 2.75) is 32.7 Å². The molecule has 0 saturated heterocycles. The normalized spacial score (nSPS) is 10.5. The minimum Gasteiger partial charge on any atom is -0.497 e. The molecular weight excluding hydrogens is 348 g/mol. The summed E-state index contributed by atoms with van der Waals surface area (Å²) >= 11 is 0. The van der Waals surface area contributed by atoms with Crippen LogP contribution in [0.4, 0.5) is 5.69 Å². The fourth-order valence-corrected chi connectivity index (χ4v) is 2.66. The van der Waals surface area contributed by atoms with E-state index >= 15 is 0 Å². The smallest absolute Gasteiger partial charge is 0.270 e. The van der Waals surface area contributed by atoms with E-state index in [2.05, 4.69) is 5.32 Å². The molecule has 1 N–H and O–H groups in total. The fourth-order valence-electron chi connectivity index (χ4n) is 2.66. The van der Waals surface area contributed by atoms with Crippen molar-refractivity contribution in [2.75, 3.05) is 13.7 Å². The van der Waals surface area contributed by atoms with Gasteiger partial charge < -0.3 is 14.8 Å². The number of nitro benzene ring substituents is 1. The van der Waals surface area contributed by atoms with Gasteiger partial charge in [0.05, 0.1) is 12.0 Å². The van der Waals surface area contributed by atoms with Crippen LogP contribution in [0.1, 0.15) is 26.7 Å². The lowest BCUT2D eigenvalue weighted by Crippen LogP contribution is -2.37. The highest BCUT2D eigenvalue weighted by Gasteiger charge is 2.15. The van der Waals surface area contributed by atoms with Gasteiger partial charge in [0.25, 0.3) is 11.6 Å². The van der Waals surface area contributed by atoms with Gasteiger partial charge in [0, 0.05) is 23.7 Å². The second-order valence-corrected chi connectivity index (χ2v) is 6.04. The summed E-state index contributed by atoms with van der Waals surface area (Å²) in [4.78, 5) is 22.8. The number of rotatable bonds is 9. The zero-order chi connectivity index (χ0) is 19.8. The highest BCUT2D eigenvalue weighted by molar-refractivity contribution is 5.79. The van der Waals surface area contributed by atoms with Gasteiger partial charge in [-0.2, -0.15) is 0 Å². The lowest BCUT2D eigenvalue weighted by molar-refractivity contribution is -0.384. The molecule has 7 nitrogen and oxygen atoms in total. The Labute approximate surface area is 158 Å². The van der Waals surface area contributed by atoms with Crippen LogP contribution >= 0.6 is 0 Å². The van der Waals surface area contributed by atoms with Crippen molar-refractivity contribution in [3.8, 4) is 22.6 Å². The van der Waals surface area contributed by atoms with E-state index in [9.17, 15) is 14.9 Å². The summed E-state index contributed by atoms with van der Waals surface area (Å²) in [5.41, 5.74) is 1.23. The quantitative estimate of drug-likeness (QED) is 0.531. The lowest BCUT2D eigenvalue weighted by atomic mass is 10.0. The van der Waals surface area contributed by atoms with Crippen LogP contribution < -0.4 is 14.8 Å². The highest BCUT2D eigenvalue weighted by Crippen LogP contribution is 2.34. The standard InChI is InChI=1S/C20H24N2O5/c1-4-15(5-2)21-20(23)13-27-19-11-8-16(22(24)25)12-18(19)14-6-9-17(26-3)10-7-14/h6-12,15H,4-5,13H2,1-3H3,(H,21,23). The van der Waals surface area contributed by atoms with E-state index in [4.69, 9.17) is 9.47 Å². The molecule has 0 unspecified atom stereocenters. The molecule has 27 heavy (non-hydrogen) atoms. The first-order valence-electron chi connectivity index (χ1n) is 8.83. The number of methoxy groups -OCH3 is 1. The molecule has 0 aliphatic rings. The van der Waals surface area contributed by atoms with Crippen LogP contribution in [0.5, 0.6) is 11.5 Å². The zero-order valence-electron chi connectivity index (χ0n) is 15.7. The number of benzene rings is 2. The maximum absolute atomic E-state index is 12.1. The molecule has 0 aliphatic heterocycles. The summed E-state index contributed by atoms with van der Waals surface area (Å²) in [6.45, 7) is 3.86. The average Bonchev–Trinajstić information content (AvgIpc) is 2.70. The largest absolute Gasteiger partial charge is 0.497 e. The third kappa shape index (κ3) is 5.44. The fraction of sp³-hybridized carbons (Fsp3) is 0.350. The number of hydrogen-bond acceptors (Lipinski definition) is 5. The number of nitrogens with one attached hydrogen (secondary N) is 1. The second kappa shape index (κ2) is 9.56. The Hall–Kier alpha value is -3.09. The van der Waals surface area contributed by atoms with Gasteiger partial charge >= 0.3 is 0 Å². The maximum Gasteiger partial charge on any atom is 0.270 e. The Balaban J connectivity index is 2.24. The zero-order valence-corrected chi connectivity index (χ0v) is 15.7. The molecule has 0 atom stereocenters. The topological polar surface area (TPSA) is 90.7 Å². The molecule has 0 radical (unpaired) electrons. The van der Waals surface area contributed by atoms with E-state index in [0.29, 0.717) is 17.1 Å². The van der Waals surface area contributed by atoms with Crippen LogP contribution in [0.2, 0.25) is 0 Å². The first kappa shape index (κ1) is 20.2. The van der Waals surface area contributed by atoms with Gasteiger partial charge in [-0.3, -0.25) is 14.9 Å². The Morgan fingerprint density at radius 1 is 1.15 bits per heavy atom. The first-order chi connectivity index (χ1) is 13.0. The number of ether oxygens (including phenoxy) is 2. The van der Waals surface area contributed by atoms with E-state index < -0.39 is 4.92 Å². The van der Waals surface area contributed by atoms with E-state index in [1.165, 1.54) is 18.2 Å². The number of hydrogen-bond donors (Lipinski definition) is 1. The minimum atomic E-state index is -0.462. The van der Waals surface area contributed by atoms with E-state index in [-0.39, 0.29) is 24.2 Å². The molecule has 2 aromatic rings. The van der Waals surface area contributed by atoms with Crippen LogP contribution in [0, 0.1) is 10.1 Å². The van der Waals surface area contributed by atoms with Crippen molar-refractivity contribution in [3.63, 3.8) is 0 Å². The summed E-state index contributed by atoms with van der Waals surface area (Å²) in [7, 11) is 1.56. The molecule has 7 heteroatoms. The summed E-state index contributed by atoms with van der Waals surface area (Å²) < 4.78 is 10.8. The summed E-state index contributed by atoms with van der Waals surface area (Å²) in [5.74, 6) is 0.865. The molecular formula is C20H24N2O5. The Bertz CT molecular complexity index is 785. The molecule has 2 aromatic carbocycles. The number of non-ortho nitro benzene ring substituents is 1. The lowest BCUT2D eigenvalue weighted by Gasteiger charge is -2.16. The maximum atomic E-state index is 12.1. The van der Waals surface area contributed by atoms with Gasteiger partial charge in [0.15, 0.2) is 6.61 Å². The minimum absolute atomic E-state index is 0.0466. The summed E-state index contributed by atoms with van der Waals surface area (Å²) in [6.07, 6.45) is 1.69. The van der Waals surface area contributed by atoms with Gasteiger partial charge in [-0.15, -0.1) is 0 Å². The molecule has 2 rings (SSSR count). The van der Waals surface area contributed by atoms with Crippen molar-refractivity contribution >= 4 is 11.6 Å². The van der Waals surface area contributed by atoms with Crippen molar-refractivity contribution in [1.29, 1.82) is 0 Å².